The smallest absolute Gasteiger partial charge is 0.239 e. The number of amides is 4. The van der Waals surface area contributed by atoms with Crippen LogP contribution in [-0.2, 0) is 19.2 Å². The Morgan fingerprint density at radius 2 is 0.944 bits per heavy atom. The van der Waals surface area contributed by atoms with E-state index in [0.29, 0.717) is 78.0 Å². The molecule has 4 aromatic carbocycles. The third kappa shape index (κ3) is 15.5. The van der Waals surface area contributed by atoms with E-state index in [4.69, 9.17) is 26.8 Å². The van der Waals surface area contributed by atoms with Crippen molar-refractivity contribution >= 4 is 68.7 Å². The van der Waals surface area contributed by atoms with Crippen LogP contribution in [0.4, 0.5) is 11.4 Å². The van der Waals surface area contributed by atoms with E-state index in [9.17, 15) is 19.2 Å². The zero-order valence-electron chi connectivity index (χ0n) is 53.3. The number of hydrogen-bond donors (Lipinski definition) is 8. The third-order valence-electron chi connectivity index (χ3n) is 17.6. The average Bonchev–Trinajstić information content (AvgIpc) is 1.78. The van der Waals surface area contributed by atoms with Crippen molar-refractivity contribution in [1.29, 1.82) is 0 Å². The van der Waals surface area contributed by atoms with Gasteiger partial charge in [-0.25, -0.2) is 0 Å². The molecule has 476 valence electrons. The van der Waals surface area contributed by atoms with Gasteiger partial charge >= 0.3 is 0 Å². The molecule has 4 bridgehead atoms. The van der Waals surface area contributed by atoms with Gasteiger partial charge in [0.05, 0.1) is 28.8 Å². The minimum Gasteiger partial charge on any atom is -0.475 e. The van der Waals surface area contributed by atoms with Gasteiger partial charge in [0.1, 0.15) is 41.2 Å². The number of anilines is 2. The first kappa shape index (κ1) is 67.6. The molecule has 22 nitrogen and oxygen atoms in total. The van der Waals surface area contributed by atoms with Crippen LogP contribution in [0, 0.1) is 80.3 Å². The fourth-order valence-electron chi connectivity index (χ4n) is 13.1. The second-order valence-corrected chi connectivity index (χ2v) is 26.3. The number of aromatic nitrogens is 10. The first-order valence-electron chi connectivity index (χ1n) is 31.0. The minimum atomic E-state index is -0.684. The van der Waals surface area contributed by atoms with E-state index in [-0.39, 0.29) is 96.2 Å². The molecule has 90 heavy (non-hydrogen) atoms. The molecular formula is C66H85CeClN16O6. The number of hydrogen-bond acceptors (Lipinski definition) is 14. The Labute approximate surface area is 564 Å². The van der Waals surface area contributed by atoms with Gasteiger partial charge in [-0.2, -0.15) is 30.8 Å². The summed E-state index contributed by atoms with van der Waals surface area (Å²) in [7, 11) is 0. The number of fused-ring (bicyclic) bond motifs is 6. The summed E-state index contributed by atoms with van der Waals surface area (Å²) in [5, 5.41) is 45.3. The number of carbonyl (C=O) groups excluding carboxylic acids is 4. The summed E-state index contributed by atoms with van der Waals surface area (Å²) in [4.78, 5) is 54.9. The quantitative estimate of drug-likeness (QED) is 0.0329. The van der Waals surface area contributed by atoms with Crippen molar-refractivity contribution in [2.75, 3.05) is 49.4 Å². The van der Waals surface area contributed by atoms with E-state index >= 15 is 0 Å². The van der Waals surface area contributed by atoms with Gasteiger partial charge < -0.3 is 41.0 Å². The van der Waals surface area contributed by atoms with Crippen LogP contribution in [0.3, 0.4) is 0 Å². The van der Waals surface area contributed by atoms with Crippen molar-refractivity contribution < 1.29 is 70.4 Å². The Morgan fingerprint density at radius 1 is 0.567 bits per heavy atom. The molecule has 0 aliphatic carbocycles. The number of ether oxygens (including phenoxy) is 2. The van der Waals surface area contributed by atoms with Crippen molar-refractivity contribution in [1.82, 2.24) is 66.3 Å². The second kappa shape index (κ2) is 29.2. The van der Waals surface area contributed by atoms with Crippen LogP contribution in [-0.4, -0.2) is 148 Å². The molecule has 0 unspecified atom stereocenters. The topological polar surface area (TPSA) is 296 Å². The van der Waals surface area contributed by atoms with Gasteiger partial charge in [-0.05, 0) is 174 Å². The van der Waals surface area contributed by atoms with Gasteiger partial charge in [0.15, 0.2) is 0 Å². The maximum atomic E-state index is 13.6. The molecule has 4 aliphatic heterocycles. The number of carbonyl (C=O) groups is 4. The normalized spacial score (nSPS) is 18.1. The number of nitrogens with zero attached hydrogens (tertiary/aromatic N) is 8. The van der Waals surface area contributed by atoms with Crippen LogP contribution in [0.2, 0.25) is 0 Å². The van der Waals surface area contributed by atoms with Crippen LogP contribution in [0.25, 0.3) is 44.6 Å². The van der Waals surface area contributed by atoms with Gasteiger partial charge in [0.25, 0.3) is 0 Å². The third-order valence-corrected chi connectivity index (χ3v) is 17.9. The Balaban J connectivity index is 0.000000180. The molecular weight excluding hydrogens is 1290 g/mol. The van der Waals surface area contributed by atoms with E-state index in [1.54, 1.807) is 30.3 Å². The van der Waals surface area contributed by atoms with E-state index in [1.807, 2.05) is 33.8 Å². The number of aromatic amines is 4. The van der Waals surface area contributed by atoms with E-state index < -0.39 is 10.8 Å². The molecule has 4 amide bonds. The molecule has 4 aliphatic rings. The van der Waals surface area contributed by atoms with Crippen molar-refractivity contribution in [3.05, 3.63) is 106 Å². The fraction of sp³-hybridized carbons (Fsp3) is 0.485. The molecule has 9 N–H and O–H groups in total. The molecule has 0 spiro atoms. The first-order valence-corrected chi connectivity index (χ1v) is 31.6. The maximum absolute atomic E-state index is 13.6. The van der Waals surface area contributed by atoms with Crippen LogP contribution in [0.1, 0.15) is 138 Å². The fourth-order valence-corrected chi connectivity index (χ4v) is 13.2. The average molecular weight is 1370 g/mol. The van der Waals surface area contributed by atoms with Crippen molar-refractivity contribution in [3.63, 3.8) is 0 Å². The largest absolute Gasteiger partial charge is 0.475 e. The van der Waals surface area contributed by atoms with Crippen LogP contribution in [0.5, 0.6) is 11.8 Å². The molecule has 0 saturated carbocycles. The second-order valence-electron chi connectivity index (χ2n) is 26.0. The monoisotopic (exact) mass is 1370 g/mol. The Morgan fingerprint density at radius 3 is 1.33 bits per heavy atom. The SMILES string of the molecule is Cc1cc(C)cc(-c2[nH]nc(OCC(C)(C)C(=O)N3C4CCC3CC4)c2[C@H](C)CN)c1.Cc1cc(C)cc(-c2[nH]nc(OCC(C)(C)C(=O)N3C4CCC3CC4)c2[C@H](C)CNCC(=O)Nc2ccc3n[nH]nc3c2)c1.O=C(CCl)Nc1ccc2n[nH]nc2c1.[Ce]. The van der Waals surface area contributed by atoms with Crippen molar-refractivity contribution in [2.45, 2.75) is 157 Å². The summed E-state index contributed by atoms with van der Waals surface area (Å²) in [5.41, 5.74) is 19.5. The number of rotatable bonds is 20. The zero-order chi connectivity index (χ0) is 63.3. The first-order chi connectivity index (χ1) is 42.6. The Kier molecular flexibility index (Phi) is 21.9. The van der Waals surface area contributed by atoms with Gasteiger partial charge in [0.2, 0.25) is 35.4 Å². The van der Waals surface area contributed by atoms with Gasteiger partial charge in [0, 0.05) is 118 Å². The van der Waals surface area contributed by atoms with Gasteiger partial charge in [-0.15, -0.1) is 21.8 Å². The van der Waals surface area contributed by atoms with Gasteiger partial charge in [-0.3, -0.25) is 29.4 Å². The number of H-pyrrole nitrogens is 4. The summed E-state index contributed by atoms with van der Waals surface area (Å²) < 4.78 is 12.6. The zero-order valence-corrected chi connectivity index (χ0v) is 57.2. The van der Waals surface area contributed by atoms with Crippen molar-refractivity contribution in [2.24, 2.45) is 16.6 Å². The minimum absolute atomic E-state index is 0. The summed E-state index contributed by atoms with van der Waals surface area (Å²) >= 11 is 5.35. The molecule has 4 saturated heterocycles. The molecule has 4 fully saturated rings. The van der Waals surface area contributed by atoms with E-state index in [1.165, 1.54) is 11.1 Å². The molecule has 12 rings (SSSR count). The van der Waals surface area contributed by atoms with Crippen LogP contribution < -0.4 is 31.2 Å². The summed E-state index contributed by atoms with van der Waals surface area (Å²) in [6, 6.07) is 25.1. The Bertz CT molecular complexity index is 3760. The summed E-state index contributed by atoms with van der Waals surface area (Å²) in [6.45, 7) is 22.1. The summed E-state index contributed by atoms with van der Waals surface area (Å²) in [5.74, 6) is 0.987. The number of benzene rings is 4. The molecule has 8 heterocycles. The predicted octanol–water partition coefficient (Wildman–Crippen LogP) is 10.3. The predicted molar refractivity (Wildman–Crippen MR) is 346 cm³/mol. The van der Waals surface area contributed by atoms with E-state index in [0.717, 1.165) is 107 Å². The number of nitrogens with one attached hydrogen (secondary N) is 7. The maximum Gasteiger partial charge on any atom is 0.239 e. The molecule has 24 heteroatoms. The number of halogens is 1. The van der Waals surface area contributed by atoms with E-state index in [2.05, 4.69) is 155 Å². The van der Waals surface area contributed by atoms with Crippen molar-refractivity contribution in [3.8, 4) is 34.3 Å². The number of alkyl halides is 1. The molecule has 0 radical (unpaired) electrons. The summed E-state index contributed by atoms with van der Waals surface area (Å²) in [6.07, 6.45) is 9.00. The standard InChI is InChI=1S/C33H42N8O3.C25H36N4O2.C8H7ClN4O.Ce/c1-19-12-20(2)14-22(13-19)30-29(21(3)16-34-17-28(42)35-23-6-11-26-27(15-23)37-40-36-26)31(39-38-30)44-18-33(4,5)32(43)41-24-7-8-25(41)10-9-24;1-15-10-16(2)12-18(11-15)22-21(17(3)13-26)23(28-27-22)31-14-25(4,5)24(30)29-19-6-7-20(29)9-8-19;9-4-8(14)10-5-1-2-6-7(3-5)12-13-11-6;/h6,11-15,21,24-25,34H,7-10,16-18H2,1-5H3,(H,35,42)(H,38,39)(H,36,37,40);10-12,17,19-20H,6-9,13-14,26H2,1-5H3,(H,27,28);1-3H,4H2,(H,10,14)(H,11,12,13);/t21-,24?,25?;17-,19?,20?;;/m11../s1. The number of aryl methyl sites for hydroxylation is 4. The molecule has 8 aromatic rings. The number of nitrogens with two attached hydrogens (primary N) is 1. The van der Waals surface area contributed by atoms with Crippen LogP contribution in [0.15, 0.2) is 72.8 Å². The Hall–Kier alpha value is -6.83. The molecule has 4 aromatic heterocycles. The van der Waals surface area contributed by atoms with Crippen LogP contribution >= 0.6 is 11.6 Å². The van der Waals surface area contributed by atoms with Gasteiger partial charge in [-0.1, -0.05) is 48.2 Å². The molecule has 2 atom stereocenters.